The van der Waals surface area contributed by atoms with E-state index in [1.54, 1.807) is 6.20 Å². The second-order valence-corrected chi connectivity index (χ2v) is 3.91. The summed E-state index contributed by atoms with van der Waals surface area (Å²) in [4.78, 5) is 19.2. The van der Waals surface area contributed by atoms with E-state index in [0.717, 1.165) is 5.39 Å². The van der Waals surface area contributed by atoms with Crippen LogP contribution in [0.15, 0.2) is 6.20 Å². The van der Waals surface area contributed by atoms with Crippen molar-refractivity contribution in [1.29, 1.82) is 0 Å². The molecule has 88 valence electrons. The van der Waals surface area contributed by atoms with Crippen LogP contribution in [0.2, 0.25) is 0 Å². The van der Waals surface area contributed by atoms with Crippen molar-refractivity contribution in [3.05, 3.63) is 6.20 Å². The highest BCUT2D eigenvalue weighted by atomic mass is 16.1. The molecule has 17 heavy (non-hydrogen) atoms. The van der Waals surface area contributed by atoms with Gasteiger partial charge in [0.05, 0.1) is 17.6 Å². The molecular formula is C9H11N7O. The molecule has 1 aliphatic rings. The smallest absolute Gasteiger partial charge is 0.224 e. The second kappa shape index (κ2) is 3.58. The minimum absolute atomic E-state index is 0.0231. The zero-order valence-corrected chi connectivity index (χ0v) is 8.90. The van der Waals surface area contributed by atoms with Crippen molar-refractivity contribution >= 4 is 28.7 Å². The van der Waals surface area contributed by atoms with Gasteiger partial charge in [-0.2, -0.15) is 15.1 Å². The van der Waals surface area contributed by atoms with Crippen molar-refractivity contribution < 1.29 is 4.79 Å². The molecule has 0 saturated carbocycles. The number of fused-ring (bicyclic) bond motifs is 1. The zero-order valence-electron chi connectivity index (χ0n) is 8.90. The fourth-order valence-electron chi connectivity index (χ4n) is 1.86. The lowest BCUT2D eigenvalue weighted by Crippen LogP contribution is -2.23. The van der Waals surface area contributed by atoms with Crippen LogP contribution in [0.1, 0.15) is 6.42 Å². The topological polar surface area (TPSA) is 122 Å². The maximum absolute atomic E-state index is 11.1. The van der Waals surface area contributed by atoms with E-state index in [4.69, 9.17) is 5.73 Å². The number of anilines is 2. The molecular weight excluding hydrogens is 222 g/mol. The number of amides is 1. The van der Waals surface area contributed by atoms with Gasteiger partial charge in [0.1, 0.15) is 5.82 Å². The highest BCUT2D eigenvalue weighted by Gasteiger charge is 2.22. The summed E-state index contributed by atoms with van der Waals surface area (Å²) in [5.74, 6) is 0.803. The Morgan fingerprint density at radius 1 is 1.47 bits per heavy atom. The van der Waals surface area contributed by atoms with Gasteiger partial charge in [0.2, 0.25) is 11.9 Å². The van der Waals surface area contributed by atoms with E-state index in [9.17, 15) is 4.79 Å². The standard InChI is InChI=1S/C9H11N7O/c10-9-14-7(5-3-12-16-8(5)15-9)13-4-1-6(17)11-2-4/h3-4H,1-2H2,(H,11,17)(H4,10,12,13,14,15,16). The maximum atomic E-state index is 11.1. The van der Waals surface area contributed by atoms with Gasteiger partial charge >= 0.3 is 0 Å². The Bertz CT molecular complexity index is 578. The largest absolute Gasteiger partial charge is 0.368 e. The number of hydrogen-bond donors (Lipinski definition) is 4. The first kappa shape index (κ1) is 9.82. The lowest BCUT2D eigenvalue weighted by atomic mass is 10.2. The average molecular weight is 233 g/mol. The maximum Gasteiger partial charge on any atom is 0.224 e. The average Bonchev–Trinajstić information content (AvgIpc) is 2.87. The zero-order chi connectivity index (χ0) is 11.8. The van der Waals surface area contributed by atoms with Crippen molar-refractivity contribution in [3.8, 4) is 0 Å². The number of hydrogen-bond acceptors (Lipinski definition) is 6. The van der Waals surface area contributed by atoms with E-state index < -0.39 is 0 Å². The number of nitrogens with two attached hydrogens (primary N) is 1. The van der Waals surface area contributed by atoms with Crippen molar-refractivity contribution in [2.45, 2.75) is 12.5 Å². The molecule has 3 rings (SSSR count). The summed E-state index contributed by atoms with van der Waals surface area (Å²) in [6.45, 7) is 0.585. The first-order valence-electron chi connectivity index (χ1n) is 5.22. The minimum atomic E-state index is 0.0231. The van der Waals surface area contributed by atoms with Gasteiger partial charge in [0.25, 0.3) is 0 Å². The van der Waals surface area contributed by atoms with Crippen LogP contribution in [0.5, 0.6) is 0 Å². The molecule has 0 aromatic carbocycles. The third-order valence-electron chi connectivity index (χ3n) is 2.65. The quantitative estimate of drug-likeness (QED) is 0.540. The molecule has 1 amide bonds. The van der Waals surface area contributed by atoms with Crippen molar-refractivity contribution in [3.63, 3.8) is 0 Å². The van der Waals surface area contributed by atoms with Crippen LogP contribution in [0.3, 0.4) is 0 Å². The Hall–Kier alpha value is -2.38. The fraction of sp³-hybridized carbons (Fsp3) is 0.333. The van der Waals surface area contributed by atoms with Crippen LogP contribution in [0.25, 0.3) is 11.0 Å². The summed E-state index contributed by atoms with van der Waals surface area (Å²) in [5, 5.41) is 13.3. The fourth-order valence-corrected chi connectivity index (χ4v) is 1.86. The summed E-state index contributed by atoms with van der Waals surface area (Å²) < 4.78 is 0. The second-order valence-electron chi connectivity index (χ2n) is 3.91. The van der Waals surface area contributed by atoms with Crippen molar-refractivity contribution in [1.82, 2.24) is 25.5 Å². The highest BCUT2D eigenvalue weighted by Crippen LogP contribution is 2.20. The van der Waals surface area contributed by atoms with Crippen molar-refractivity contribution in [2.24, 2.45) is 0 Å². The monoisotopic (exact) mass is 233 g/mol. The molecule has 0 bridgehead atoms. The molecule has 1 fully saturated rings. The summed E-state index contributed by atoms with van der Waals surface area (Å²) in [6.07, 6.45) is 2.06. The Kier molecular flexibility index (Phi) is 2.07. The van der Waals surface area contributed by atoms with Gasteiger partial charge in [-0.3, -0.25) is 9.89 Å². The molecule has 3 heterocycles. The molecule has 1 aliphatic heterocycles. The minimum Gasteiger partial charge on any atom is -0.368 e. The van der Waals surface area contributed by atoms with Crippen LogP contribution >= 0.6 is 0 Å². The van der Waals surface area contributed by atoms with Gasteiger partial charge in [-0.05, 0) is 0 Å². The SMILES string of the molecule is Nc1nc(NC2CNC(=O)C2)c2cn[nH]c2n1. The van der Waals surface area contributed by atoms with Gasteiger partial charge in [-0.1, -0.05) is 0 Å². The van der Waals surface area contributed by atoms with Gasteiger partial charge in [-0.15, -0.1) is 0 Å². The number of rotatable bonds is 2. The van der Waals surface area contributed by atoms with E-state index in [1.807, 2.05) is 0 Å². The molecule has 2 aromatic rings. The van der Waals surface area contributed by atoms with Gasteiger partial charge < -0.3 is 16.4 Å². The van der Waals surface area contributed by atoms with E-state index >= 15 is 0 Å². The number of nitrogens with zero attached hydrogens (tertiary/aromatic N) is 3. The van der Waals surface area contributed by atoms with Gasteiger partial charge in [-0.25, -0.2) is 0 Å². The number of nitrogen functional groups attached to an aromatic ring is 1. The summed E-state index contributed by atoms with van der Waals surface area (Å²) >= 11 is 0. The summed E-state index contributed by atoms with van der Waals surface area (Å²) in [5.41, 5.74) is 6.17. The van der Waals surface area contributed by atoms with E-state index in [2.05, 4.69) is 30.8 Å². The predicted octanol–water partition coefficient (Wildman–Crippen LogP) is -0.764. The van der Waals surface area contributed by atoms with E-state index in [0.29, 0.717) is 24.4 Å². The molecule has 1 unspecified atom stereocenters. The lowest BCUT2D eigenvalue weighted by molar-refractivity contribution is -0.119. The third kappa shape index (κ3) is 1.73. The number of aromatic nitrogens is 4. The van der Waals surface area contributed by atoms with Crippen molar-refractivity contribution in [2.75, 3.05) is 17.6 Å². The number of aromatic amines is 1. The molecule has 0 radical (unpaired) electrons. The van der Waals surface area contributed by atoms with Gasteiger partial charge in [0.15, 0.2) is 5.65 Å². The summed E-state index contributed by atoms with van der Waals surface area (Å²) in [6, 6.07) is 0.0231. The molecule has 2 aromatic heterocycles. The first-order valence-corrected chi connectivity index (χ1v) is 5.22. The van der Waals surface area contributed by atoms with Crippen LogP contribution in [0, 0.1) is 0 Å². The van der Waals surface area contributed by atoms with Crippen LogP contribution in [0.4, 0.5) is 11.8 Å². The first-order chi connectivity index (χ1) is 8.22. The lowest BCUT2D eigenvalue weighted by Gasteiger charge is -2.11. The number of carbonyl (C=O) groups is 1. The molecule has 5 N–H and O–H groups in total. The van der Waals surface area contributed by atoms with E-state index in [-0.39, 0.29) is 17.9 Å². The molecule has 0 aliphatic carbocycles. The van der Waals surface area contributed by atoms with Crippen LogP contribution in [-0.4, -0.2) is 38.7 Å². The molecule has 8 heteroatoms. The molecule has 8 nitrogen and oxygen atoms in total. The predicted molar refractivity (Wildman–Crippen MR) is 61.1 cm³/mol. The molecule has 0 spiro atoms. The Morgan fingerprint density at radius 2 is 2.35 bits per heavy atom. The van der Waals surface area contributed by atoms with Crippen LogP contribution in [-0.2, 0) is 4.79 Å². The van der Waals surface area contributed by atoms with Crippen LogP contribution < -0.4 is 16.4 Å². The number of nitrogens with one attached hydrogen (secondary N) is 3. The Labute approximate surface area is 96.0 Å². The number of carbonyl (C=O) groups excluding carboxylic acids is 1. The summed E-state index contributed by atoms with van der Waals surface area (Å²) in [7, 11) is 0. The van der Waals surface area contributed by atoms with E-state index in [1.165, 1.54) is 0 Å². The molecule has 1 saturated heterocycles. The highest BCUT2D eigenvalue weighted by molar-refractivity contribution is 5.87. The Balaban J connectivity index is 1.93. The molecule has 1 atom stereocenters. The number of H-pyrrole nitrogens is 1. The normalized spacial score (nSPS) is 19.5. The Morgan fingerprint density at radius 3 is 3.12 bits per heavy atom. The van der Waals surface area contributed by atoms with Gasteiger partial charge in [0, 0.05) is 13.0 Å². The third-order valence-corrected chi connectivity index (χ3v) is 2.65.